The summed E-state index contributed by atoms with van der Waals surface area (Å²) in [6, 6.07) is 15.4. The highest BCUT2D eigenvalue weighted by atomic mass is 35.5. The first-order valence-electron chi connectivity index (χ1n) is 7.37. The summed E-state index contributed by atoms with van der Waals surface area (Å²) in [4.78, 5) is 16.4. The largest absolute Gasteiger partial charge is 0.298 e. The van der Waals surface area contributed by atoms with Crippen molar-refractivity contribution in [1.29, 1.82) is 0 Å². The minimum atomic E-state index is -0.213. The Morgan fingerprint density at radius 2 is 1.83 bits per heavy atom. The average Bonchev–Trinajstić information content (AvgIpc) is 3.03. The third-order valence-corrected chi connectivity index (χ3v) is 4.39. The molecule has 1 heterocycles. The van der Waals surface area contributed by atoms with E-state index in [4.69, 9.17) is 11.6 Å². The Labute approximate surface area is 149 Å². The lowest BCUT2D eigenvalue weighted by Crippen LogP contribution is -2.07. The van der Waals surface area contributed by atoms with Gasteiger partial charge in [0.15, 0.2) is 5.13 Å². The van der Waals surface area contributed by atoms with E-state index in [1.54, 1.807) is 18.2 Å². The van der Waals surface area contributed by atoms with Crippen molar-refractivity contribution in [2.75, 3.05) is 5.32 Å². The monoisotopic (exact) mass is 354 g/mol. The van der Waals surface area contributed by atoms with Crippen molar-refractivity contribution in [1.82, 2.24) is 4.98 Å². The van der Waals surface area contributed by atoms with Crippen LogP contribution in [-0.2, 0) is 4.79 Å². The number of hydrogen-bond acceptors (Lipinski definition) is 3. The Bertz CT molecular complexity index is 867. The first-order valence-corrected chi connectivity index (χ1v) is 8.63. The van der Waals surface area contributed by atoms with Crippen LogP contribution in [0.3, 0.4) is 0 Å². The van der Waals surface area contributed by atoms with E-state index in [9.17, 15) is 4.79 Å². The number of hydrogen-bond donors (Lipinski definition) is 1. The molecule has 3 rings (SSSR count). The summed E-state index contributed by atoms with van der Waals surface area (Å²) in [5, 5.41) is 5.96. The minimum Gasteiger partial charge on any atom is -0.298 e. The van der Waals surface area contributed by atoms with Gasteiger partial charge in [-0.25, -0.2) is 4.98 Å². The summed E-state index contributed by atoms with van der Waals surface area (Å²) in [5.74, 6) is -0.213. The lowest BCUT2D eigenvalue weighted by atomic mass is 10.1. The fraction of sp³-hybridized carbons (Fsp3) is 0.0526. The Balaban J connectivity index is 1.64. The van der Waals surface area contributed by atoms with E-state index < -0.39 is 0 Å². The Morgan fingerprint density at radius 3 is 2.54 bits per heavy atom. The van der Waals surface area contributed by atoms with Gasteiger partial charge in [-0.1, -0.05) is 53.6 Å². The molecule has 0 bridgehead atoms. The number of anilines is 1. The second kappa shape index (κ2) is 7.43. The Hall–Kier alpha value is -2.43. The first-order chi connectivity index (χ1) is 11.6. The van der Waals surface area contributed by atoms with Gasteiger partial charge in [0.2, 0.25) is 5.91 Å². The number of halogens is 1. The second-order valence-electron chi connectivity index (χ2n) is 5.28. The molecular formula is C19H15ClN2OS. The van der Waals surface area contributed by atoms with Gasteiger partial charge in [0.05, 0.1) is 5.69 Å². The molecule has 0 saturated heterocycles. The molecule has 0 unspecified atom stereocenters. The zero-order valence-corrected chi connectivity index (χ0v) is 14.6. The molecule has 1 N–H and O–H groups in total. The molecular weight excluding hydrogens is 340 g/mol. The summed E-state index contributed by atoms with van der Waals surface area (Å²) < 4.78 is 0. The summed E-state index contributed by atoms with van der Waals surface area (Å²) in [5.41, 5.74) is 4.01. The lowest BCUT2D eigenvalue weighted by Gasteiger charge is -1.98. The van der Waals surface area contributed by atoms with Crippen LogP contribution in [0.25, 0.3) is 17.3 Å². The summed E-state index contributed by atoms with van der Waals surface area (Å²) in [6.45, 7) is 2.05. The molecule has 2 aromatic carbocycles. The fourth-order valence-corrected chi connectivity index (χ4v) is 2.93. The topological polar surface area (TPSA) is 42.0 Å². The van der Waals surface area contributed by atoms with Crippen molar-refractivity contribution in [3.05, 3.63) is 76.1 Å². The van der Waals surface area contributed by atoms with Crippen LogP contribution in [0.4, 0.5) is 5.13 Å². The predicted octanol–water partition coefficient (Wildman–Crippen LogP) is 5.42. The van der Waals surface area contributed by atoms with Crippen LogP contribution in [0.1, 0.15) is 11.1 Å². The number of thiazole rings is 1. The maximum Gasteiger partial charge on any atom is 0.250 e. The number of carbonyl (C=O) groups excluding carboxylic acids is 1. The van der Waals surface area contributed by atoms with Crippen LogP contribution < -0.4 is 5.32 Å². The number of aryl methyl sites for hydroxylation is 1. The highest BCUT2D eigenvalue weighted by molar-refractivity contribution is 7.14. The van der Waals surface area contributed by atoms with Crippen molar-refractivity contribution in [3.8, 4) is 11.3 Å². The van der Waals surface area contributed by atoms with Crippen LogP contribution >= 0.6 is 22.9 Å². The van der Waals surface area contributed by atoms with E-state index in [1.165, 1.54) is 23.0 Å². The van der Waals surface area contributed by atoms with Gasteiger partial charge in [0, 0.05) is 22.0 Å². The number of nitrogens with zero attached hydrogens (tertiary/aromatic N) is 1. The molecule has 0 atom stereocenters. The van der Waals surface area contributed by atoms with E-state index in [1.807, 2.05) is 48.7 Å². The van der Waals surface area contributed by atoms with Crippen molar-refractivity contribution < 1.29 is 4.79 Å². The van der Waals surface area contributed by atoms with Gasteiger partial charge in [0.25, 0.3) is 0 Å². The normalized spacial score (nSPS) is 10.9. The van der Waals surface area contributed by atoms with Crippen LogP contribution in [0.2, 0.25) is 5.02 Å². The van der Waals surface area contributed by atoms with E-state index in [-0.39, 0.29) is 5.91 Å². The molecule has 3 aromatic rings. The number of nitrogens with one attached hydrogen (secondary N) is 1. The zero-order chi connectivity index (χ0) is 16.9. The summed E-state index contributed by atoms with van der Waals surface area (Å²) >= 11 is 7.24. The molecule has 1 aromatic heterocycles. The molecule has 5 heteroatoms. The highest BCUT2D eigenvalue weighted by Crippen LogP contribution is 2.25. The van der Waals surface area contributed by atoms with Crippen molar-refractivity contribution in [3.63, 3.8) is 0 Å². The highest BCUT2D eigenvalue weighted by Gasteiger charge is 2.06. The smallest absolute Gasteiger partial charge is 0.250 e. The predicted molar refractivity (Wildman–Crippen MR) is 101 cm³/mol. The molecule has 0 aliphatic rings. The molecule has 0 aliphatic heterocycles. The average molecular weight is 355 g/mol. The number of benzene rings is 2. The molecule has 0 saturated carbocycles. The van der Waals surface area contributed by atoms with Crippen molar-refractivity contribution >= 4 is 40.1 Å². The van der Waals surface area contributed by atoms with Crippen LogP contribution in [-0.4, -0.2) is 10.9 Å². The van der Waals surface area contributed by atoms with Gasteiger partial charge in [-0.15, -0.1) is 11.3 Å². The van der Waals surface area contributed by atoms with Crippen molar-refractivity contribution in [2.45, 2.75) is 6.92 Å². The SMILES string of the molecule is Cc1ccc(-c2csc(NC(=O)C=Cc3ccc(Cl)cc3)n2)cc1. The summed E-state index contributed by atoms with van der Waals surface area (Å²) in [7, 11) is 0. The van der Waals surface area contributed by atoms with Crippen LogP contribution in [0, 0.1) is 6.92 Å². The molecule has 0 radical (unpaired) electrons. The third kappa shape index (κ3) is 4.31. The lowest BCUT2D eigenvalue weighted by molar-refractivity contribution is -0.111. The maximum absolute atomic E-state index is 12.0. The van der Waals surface area contributed by atoms with Gasteiger partial charge in [0.1, 0.15) is 0 Å². The van der Waals surface area contributed by atoms with E-state index in [0.717, 1.165) is 16.8 Å². The first kappa shape index (κ1) is 16.4. The van der Waals surface area contributed by atoms with Gasteiger partial charge in [-0.2, -0.15) is 0 Å². The van der Waals surface area contributed by atoms with Gasteiger partial charge in [-0.05, 0) is 30.7 Å². The second-order valence-corrected chi connectivity index (χ2v) is 6.57. The molecule has 0 fully saturated rings. The van der Waals surface area contributed by atoms with Crippen molar-refractivity contribution in [2.24, 2.45) is 0 Å². The van der Waals surface area contributed by atoms with Gasteiger partial charge in [-0.3, -0.25) is 10.1 Å². The maximum atomic E-state index is 12.0. The Kier molecular flexibility index (Phi) is 5.08. The molecule has 24 heavy (non-hydrogen) atoms. The van der Waals surface area contributed by atoms with Gasteiger partial charge < -0.3 is 0 Å². The molecule has 0 aliphatic carbocycles. The summed E-state index contributed by atoms with van der Waals surface area (Å²) in [6.07, 6.45) is 3.22. The number of rotatable bonds is 4. The number of amides is 1. The van der Waals surface area contributed by atoms with Crippen LogP contribution in [0.15, 0.2) is 60.0 Å². The molecule has 1 amide bonds. The Morgan fingerprint density at radius 1 is 1.12 bits per heavy atom. The zero-order valence-electron chi connectivity index (χ0n) is 13.0. The fourth-order valence-electron chi connectivity index (χ4n) is 2.08. The van der Waals surface area contributed by atoms with Crippen LogP contribution in [0.5, 0.6) is 0 Å². The number of carbonyl (C=O) groups is 1. The quantitative estimate of drug-likeness (QED) is 0.635. The standard InChI is InChI=1S/C19H15ClN2OS/c1-13-2-7-15(8-3-13)17-12-24-19(21-17)22-18(23)11-6-14-4-9-16(20)10-5-14/h2-12H,1H3,(H,21,22,23). The molecule has 120 valence electrons. The van der Waals surface area contributed by atoms with E-state index in [2.05, 4.69) is 10.3 Å². The molecule has 0 spiro atoms. The van der Waals surface area contributed by atoms with E-state index in [0.29, 0.717) is 10.2 Å². The minimum absolute atomic E-state index is 0.213. The molecule has 3 nitrogen and oxygen atoms in total. The van der Waals surface area contributed by atoms with E-state index >= 15 is 0 Å². The number of aromatic nitrogens is 1. The third-order valence-electron chi connectivity index (χ3n) is 3.38. The van der Waals surface area contributed by atoms with Gasteiger partial charge >= 0.3 is 0 Å².